The Balaban J connectivity index is 1.87. The lowest BCUT2D eigenvalue weighted by molar-refractivity contribution is 0.0992. The molecule has 2 nitrogen and oxygen atoms in total. The van der Waals surface area contributed by atoms with E-state index in [1.807, 2.05) is 4.90 Å². The third-order valence-electron chi connectivity index (χ3n) is 2.65. The zero-order valence-corrected chi connectivity index (χ0v) is 7.76. The van der Waals surface area contributed by atoms with Crippen molar-refractivity contribution in [1.29, 1.82) is 0 Å². The zero-order valence-electron chi connectivity index (χ0n) is 7.76. The first-order chi connectivity index (χ1) is 6.15. The van der Waals surface area contributed by atoms with E-state index in [4.69, 9.17) is 0 Å². The third kappa shape index (κ3) is 1.89. The summed E-state index contributed by atoms with van der Waals surface area (Å²) in [7, 11) is 2.07. The average Bonchev–Trinajstić information content (AvgIpc) is 2.41. The van der Waals surface area contributed by atoms with Gasteiger partial charge in [0.2, 0.25) is 0 Å². The maximum atomic E-state index is 12.1. The highest BCUT2D eigenvalue weighted by Gasteiger charge is 2.28. The molecule has 2 rings (SSSR count). The Morgan fingerprint density at radius 1 is 1.15 bits per heavy atom. The van der Waals surface area contributed by atoms with E-state index in [9.17, 15) is 8.78 Å². The van der Waals surface area contributed by atoms with Crippen LogP contribution in [0.25, 0.3) is 0 Å². The summed E-state index contributed by atoms with van der Waals surface area (Å²) >= 11 is 0. The van der Waals surface area contributed by atoms with Crippen molar-refractivity contribution < 1.29 is 8.78 Å². The van der Waals surface area contributed by atoms with Gasteiger partial charge < -0.3 is 0 Å². The summed E-state index contributed by atoms with van der Waals surface area (Å²) in [5.74, 6) is 0. The number of hydrogen-bond acceptors (Lipinski definition) is 2. The highest BCUT2D eigenvalue weighted by atomic mass is 19.3. The van der Waals surface area contributed by atoms with Crippen LogP contribution in [-0.4, -0.2) is 56.0 Å². The van der Waals surface area contributed by atoms with Gasteiger partial charge in [-0.1, -0.05) is 0 Å². The Hall–Kier alpha value is -0.480. The molecule has 0 radical (unpaired) electrons. The Labute approximate surface area is 76.8 Å². The Morgan fingerprint density at radius 2 is 1.69 bits per heavy atom. The van der Waals surface area contributed by atoms with Crippen molar-refractivity contribution in [3.05, 3.63) is 11.1 Å². The number of alkyl halides is 2. The molecular formula is C9H14F2N2. The minimum atomic E-state index is -2.20. The second kappa shape index (κ2) is 3.35. The fraction of sp³-hybridized carbons (Fsp3) is 0.778. The number of likely N-dealkylation sites (N-methyl/N-ethyl adjacent to an activating group) is 1. The van der Waals surface area contributed by atoms with Crippen LogP contribution in [0, 0.1) is 0 Å². The van der Waals surface area contributed by atoms with E-state index in [1.165, 1.54) is 11.1 Å². The molecule has 0 aromatic carbocycles. The van der Waals surface area contributed by atoms with Gasteiger partial charge in [-0.05, 0) is 18.2 Å². The predicted octanol–water partition coefficient (Wildman–Crippen LogP) is 0.809. The minimum absolute atomic E-state index is 0.0727. The van der Waals surface area contributed by atoms with Crippen molar-refractivity contribution in [1.82, 2.24) is 9.80 Å². The lowest BCUT2D eigenvalue weighted by Gasteiger charge is -2.19. The summed E-state index contributed by atoms with van der Waals surface area (Å²) in [6.45, 7) is 3.37. The summed E-state index contributed by atoms with van der Waals surface area (Å²) in [6.07, 6.45) is -2.20. The van der Waals surface area contributed by atoms with Gasteiger partial charge in [-0.3, -0.25) is 9.80 Å². The van der Waals surface area contributed by atoms with E-state index in [2.05, 4.69) is 11.9 Å². The smallest absolute Gasteiger partial charge is 0.251 e. The standard InChI is InChI=1S/C9H14F2N2/c1-12-2-7-4-13(6-9(10)11)5-8(7)3-12/h9H,2-6H2,1H3. The lowest BCUT2D eigenvalue weighted by Crippen LogP contribution is -2.31. The summed E-state index contributed by atoms with van der Waals surface area (Å²) < 4.78 is 24.1. The van der Waals surface area contributed by atoms with Gasteiger partial charge in [-0.15, -0.1) is 0 Å². The summed E-state index contributed by atoms with van der Waals surface area (Å²) in [5.41, 5.74) is 2.73. The van der Waals surface area contributed by atoms with Crippen molar-refractivity contribution in [3.8, 4) is 0 Å². The first kappa shape index (κ1) is 9.09. The van der Waals surface area contributed by atoms with Gasteiger partial charge in [0.05, 0.1) is 6.54 Å². The molecule has 0 saturated carbocycles. The molecule has 0 atom stereocenters. The Bertz CT molecular complexity index is 220. The normalized spacial score (nSPS) is 24.9. The van der Waals surface area contributed by atoms with Crippen molar-refractivity contribution in [2.45, 2.75) is 6.43 Å². The second-order valence-corrected chi connectivity index (χ2v) is 3.94. The fourth-order valence-electron chi connectivity index (χ4n) is 2.17. The van der Waals surface area contributed by atoms with Gasteiger partial charge in [-0.25, -0.2) is 8.78 Å². The van der Waals surface area contributed by atoms with Crippen LogP contribution >= 0.6 is 0 Å². The van der Waals surface area contributed by atoms with Gasteiger partial charge in [0.25, 0.3) is 6.43 Å². The molecule has 2 heterocycles. The molecule has 0 aliphatic carbocycles. The molecule has 0 fully saturated rings. The summed E-state index contributed by atoms with van der Waals surface area (Å²) in [5, 5.41) is 0. The predicted molar refractivity (Wildman–Crippen MR) is 47.0 cm³/mol. The lowest BCUT2D eigenvalue weighted by atomic mass is 10.2. The van der Waals surface area contributed by atoms with Crippen LogP contribution < -0.4 is 0 Å². The molecule has 4 heteroatoms. The Morgan fingerprint density at radius 3 is 2.15 bits per heavy atom. The van der Waals surface area contributed by atoms with E-state index < -0.39 is 6.43 Å². The number of rotatable bonds is 2. The second-order valence-electron chi connectivity index (χ2n) is 3.94. The van der Waals surface area contributed by atoms with Crippen LogP contribution in [0.1, 0.15) is 0 Å². The number of nitrogens with zero attached hydrogens (tertiary/aromatic N) is 2. The molecule has 2 aliphatic rings. The summed E-state index contributed by atoms with van der Waals surface area (Å²) in [6, 6.07) is 0. The molecule has 0 bridgehead atoms. The summed E-state index contributed by atoms with van der Waals surface area (Å²) in [4.78, 5) is 4.06. The van der Waals surface area contributed by atoms with Crippen LogP contribution in [0.15, 0.2) is 11.1 Å². The molecule has 2 aliphatic heterocycles. The monoisotopic (exact) mass is 188 g/mol. The van der Waals surface area contributed by atoms with Crippen LogP contribution in [0.2, 0.25) is 0 Å². The van der Waals surface area contributed by atoms with Crippen LogP contribution in [-0.2, 0) is 0 Å². The van der Waals surface area contributed by atoms with Crippen molar-refractivity contribution >= 4 is 0 Å². The van der Waals surface area contributed by atoms with E-state index >= 15 is 0 Å². The maximum absolute atomic E-state index is 12.1. The minimum Gasteiger partial charge on any atom is -0.298 e. The largest absolute Gasteiger partial charge is 0.298 e. The zero-order chi connectivity index (χ0) is 9.42. The topological polar surface area (TPSA) is 6.48 Å². The Kier molecular flexibility index (Phi) is 2.34. The molecule has 0 aromatic heterocycles. The van der Waals surface area contributed by atoms with Gasteiger partial charge in [0, 0.05) is 26.2 Å². The molecule has 74 valence electrons. The molecule has 0 aromatic rings. The first-order valence-corrected chi connectivity index (χ1v) is 4.54. The third-order valence-corrected chi connectivity index (χ3v) is 2.65. The average molecular weight is 188 g/mol. The quantitative estimate of drug-likeness (QED) is 0.592. The van der Waals surface area contributed by atoms with Gasteiger partial charge >= 0.3 is 0 Å². The van der Waals surface area contributed by atoms with E-state index in [1.54, 1.807) is 0 Å². The highest BCUT2D eigenvalue weighted by Crippen LogP contribution is 2.24. The highest BCUT2D eigenvalue weighted by molar-refractivity contribution is 5.29. The number of hydrogen-bond donors (Lipinski definition) is 0. The molecule has 13 heavy (non-hydrogen) atoms. The van der Waals surface area contributed by atoms with E-state index in [0.29, 0.717) is 0 Å². The van der Waals surface area contributed by atoms with Crippen molar-refractivity contribution in [2.75, 3.05) is 39.8 Å². The maximum Gasteiger partial charge on any atom is 0.251 e. The first-order valence-electron chi connectivity index (χ1n) is 4.54. The molecule has 0 N–H and O–H groups in total. The van der Waals surface area contributed by atoms with Gasteiger partial charge in [-0.2, -0.15) is 0 Å². The van der Waals surface area contributed by atoms with Crippen LogP contribution in [0.3, 0.4) is 0 Å². The van der Waals surface area contributed by atoms with E-state index in [0.717, 1.165) is 26.2 Å². The van der Waals surface area contributed by atoms with Crippen molar-refractivity contribution in [2.24, 2.45) is 0 Å². The SMILES string of the molecule is CN1CC2=C(C1)CN(CC(F)F)C2. The molecule has 0 unspecified atom stereocenters. The molecule has 0 spiro atoms. The molecular weight excluding hydrogens is 174 g/mol. The fourth-order valence-corrected chi connectivity index (χ4v) is 2.17. The van der Waals surface area contributed by atoms with Gasteiger partial charge in [0.1, 0.15) is 0 Å². The molecule has 0 saturated heterocycles. The van der Waals surface area contributed by atoms with Crippen molar-refractivity contribution in [3.63, 3.8) is 0 Å². The van der Waals surface area contributed by atoms with Crippen LogP contribution in [0.5, 0.6) is 0 Å². The molecule has 0 amide bonds. The van der Waals surface area contributed by atoms with Gasteiger partial charge in [0.15, 0.2) is 0 Å². The van der Waals surface area contributed by atoms with Crippen LogP contribution in [0.4, 0.5) is 8.78 Å². The van der Waals surface area contributed by atoms with E-state index in [-0.39, 0.29) is 6.54 Å². The number of halogens is 2.